The lowest BCUT2D eigenvalue weighted by Gasteiger charge is -2.15. The minimum Gasteiger partial charge on any atom is -0.311 e. The van der Waals surface area contributed by atoms with Gasteiger partial charge in [0.05, 0.1) is 17.3 Å². The molecule has 0 fully saturated rings. The molecule has 0 aliphatic rings. The van der Waals surface area contributed by atoms with Crippen molar-refractivity contribution in [1.82, 2.24) is 15.1 Å². The van der Waals surface area contributed by atoms with Crippen LogP contribution in [0.1, 0.15) is 17.3 Å². The van der Waals surface area contributed by atoms with E-state index in [9.17, 15) is 4.39 Å². The summed E-state index contributed by atoms with van der Waals surface area (Å²) in [5.74, 6) is -0.169. The number of nitrogens with one attached hydrogen (secondary N) is 1. The summed E-state index contributed by atoms with van der Waals surface area (Å²) < 4.78 is 15.7. The van der Waals surface area contributed by atoms with Gasteiger partial charge in [-0.2, -0.15) is 5.10 Å². The second kappa shape index (κ2) is 5.66. The number of hydrogen-bond acceptors (Lipinski definition) is 2. The highest BCUT2D eigenvalue weighted by Crippen LogP contribution is 2.26. The summed E-state index contributed by atoms with van der Waals surface area (Å²) in [7, 11) is 3.82. The highest BCUT2D eigenvalue weighted by atomic mass is 19.1. The molecule has 21 heavy (non-hydrogen) atoms. The van der Waals surface area contributed by atoms with Crippen LogP contribution in [0, 0.1) is 5.82 Å². The van der Waals surface area contributed by atoms with E-state index in [4.69, 9.17) is 0 Å². The van der Waals surface area contributed by atoms with Crippen LogP contribution >= 0.6 is 0 Å². The lowest BCUT2D eigenvalue weighted by molar-refractivity contribution is 0.540. The topological polar surface area (TPSA) is 29.9 Å². The Morgan fingerprint density at radius 1 is 1.14 bits per heavy atom. The fourth-order valence-electron chi connectivity index (χ4n) is 2.72. The molecule has 1 aromatic heterocycles. The van der Waals surface area contributed by atoms with Crippen molar-refractivity contribution in [3.8, 4) is 0 Å². The van der Waals surface area contributed by atoms with Gasteiger partial charge in [-0.25, -0.2) is 4.39 Å². The number of nitrogens with zero attached hydrogens (tertiary/aromatic N) is 2. The summed E-state index contributed by atoms with van der Waals surface area (Å²) in [5.41, 5.74) is 2.74. The highest BCUT2D eigenvalue weighted by molar-refractivity contribution is 5.82. The summed E-state index contributed by atoms with van der Waals surface area (Å²) in [6.45, 7) is 0. The van der Waals surface area contributed by atoms with E-state index in [1.165, 1.54) is 6.07 Å². The maximum atomic E-state index is 13.9. The van der Waals surface area contributed by atoms with Gasteiger partial charge in [-0.3, -0.25) is 4.68 Å². The van der Waals surface area contributed by atoms with Crippen LogP contribution in [-0.4, -0.2) is 16.8 Å². The standard InChI is InChI=1S/C17H18FN3/c1-19-15(11-12-7-3-5-9-14(12)18)17-13-8-4-6-10-16(13)21(2)20-17/h3-10,15,19H,11H2,1-2H3. The first kappa shape index (κ1) is 13.8. The lowest BCUT2D eigenvalue weighted by Crippen LogP contribution is -2.20. The van der Waals surface area contributed by atoms with Crippen molar-refractivity contribution < 1.29 is 4.39 Å². The number of benzene rings is 2. The van der Waals surface area contributed by atoms with E-state index in [0.29, 0.717) is 12.0 Å². The van der Waals surface area contributed by atoms with Crippen LogP contribution in [0.25, 0.3) is 10.9 Å². The minimum atomic E-state index is -0.169. The van der Waals surface area contributed by atoms with Crippen LogP contribution in [0.4, 0.5) is 4.39 Å². The Bertz CT molecular complexity index is 764. The molecule has 3 nitrogen and oxygen atoms in total. The smallest absolute Gasteiger partial charge is 0.126 e. The first-order valence-electron chi connectivity index (χ1n) is 7.03. The van der Waals surface area contributed by atoms with E-state index in [2.05, 4.69) is 16.5 Å². The van der Waals surface area contributed by atoms with Crippen LogP contribution in [-0.2, 0) is 13.5 Å². The van der Waals surface area contributed by atoms with Gasteiger partial charge in [0, 0.05) is 12.4 Å². The van der Waals surface area contributed by atoms with Crippen molar-refractivity contribution >= 4 is 10.9 Å². The van der Waals surface area contributed by atoms with E-state index < -0.39 is 0 Å². The fraction of sp³-hybridized carbons (Fsp3) is 0.235. The van der Waals surface area contributed by atoms with Crippen molar-refractivity contribution in [2.24, 2.45) is 7.05 Å². The molecule has 0 saturated heterocycles. The zero-order chi connectivity index (χ0) is 14.8. The third-order valence-electron chi connectivity index (χ3n) is 3.85. The van der Waals surface area contributed by atoms with Crippen LogP contribution in [0.2, 0.25) is 0 Å². The molecule has 3 rings (SSSR count). The average Bonchev–Trinajstić information content (AvgIpc) is 2.84. The molecule has 0 bridgehead atoms. The Balaban J connectivity index is 2.01. The van der Waals surface area contributed by atoms with Crippen molar-refractivity contribution in [3.05, 3.63) is 65.6 Å². The van der Waals surface area contributed by atoms with Gasteiger partial charge < -0.3 is 5.32 Å². The molecule has 0 radical (unpaired) electrons. The third-order valence-corrected chi connectivity index (χ3v) is 3.85. The van der Waals surface area contributed by atoms with Crippen molar-refractivity contribution in [2.45, 2.75) is 12.5 Å². The maximum Gasteiger partial charge on any atom is 0.126 e. The SMILES string of the molecule is CNC(Cc1ccccc1F)c1nn(C)c2ccccc12. The Morgan fingerprint density at radius 3 is 2.62 bits per heavy atom. The zero-order valence-electron chi connectivity index (χ0n) is 12.2. The maximum absolute atomic E-state index is 13.9. The summed E-state index contributed by atoms with van der Waals surface area (Å²) in [5, 5.41) is 8.98. The summed E-state index contributed by atoms with van der Waals surface area (Å²) in [6, 6.07) is 15.0. The lowest BCUT2D eigenvalue weighted by atomic mass is 10.0. The molecule has 0 spiro atoms. The van der Waals surface area contributed by atoms with Crippen molar-refractivity contribution in [3.63, 3.8) is 0 Å². The third kappa shape index (κ3) is 2.54. The first-order valence-corrected chi connectivity index (χ1v) is 7.03. The summed E-state index contributed by atoms with van der Waals surface area (Å²) in [6.07, 6.45) is 0.574. The molecule has 1 unspecified atom stereocenters. The molecule has 0 saturated carbocycles. The second-order valence-corrected chi connectivity index (χ2v) is 5.16. The number of aryl methyl sites for hydroxylation is 1. The predicted molar refractivity (Wildman–Crippen MR) is 82.6 cm³/mol. The number of likely N-dealkylation sites (N-methyl/N-ethyl adjacent to an activating group) is 1. The number of hydrogen-bond donors (Lipinski definition) is 1. The van der Waals surface area contributed by atoms with Gasteiger partial charge in [-0.05, 0) is 31.2 Å². The number of rotatable bonds is 4. The monoisotopic (exact) mass is 283 g/mol. The summed E-state index contributed by atoms with van der Waals surface area (Å²) in [4.78, 5) is 0. The largest absolute Gasteiger partial charge is 0.311 e. The number of fused-ring (bicyclic) bond motifs is 1. The van der Waals surface area contributed by atoms with E-state index in [0.717, 1.165) is 16.6 Å². The van der Waals surface area contributed by atoms with Crippen LogP contribution in [0.15, 0.2) is 48.5 Å². The van der Waals surface area contributed by atoms with E-state index >= 15 is 0 Å². The Hall–Kier alpha value is -2.20. The molecular formula is C17H18FN3. The molecule has 0 aliphatic heterocycles. The van der Waals surface area contributed by atoms with Gasteiger partial charge in [0.25, 0.3) is 0 Å². The number of aromatic nitrogens is 2. The first-order chi connectivity index (χ1) is 10.2. The fourth-order valence-corrected chi connectivity index (χ4v) is 2.72. The Morgan fingerprint density at radius 2 is 1.86 bits per heavy atom. The van der Waals surface area contributed by atoms with Crippen LogP contribution < -0.4 is 5.32 Å². The molecule has 108 valence electrons. The van der Waals surface area contributed by atoms with Crippen molar-refractivity contribution in [1.29, 1.82) is 0 Å². The number of para-hydroxylation sites is 1. The van der Waals surface area contributed by atoms with Gasteiger partial charge in [0.1, 0.15) is 5.82 Å². The molecular weight excluding hydrogens is 265 g/mol. The normalized spacial score (nSPS) is 12.7. The molecule has 1 N–H and O–H groups in total. The summed E-state index contributed by atoms with van der Waals surface area (Å²) >= 11 is 0. The van der Waals surface area contributed by atoms with Crippen molar-refractivity contribution in [2.75, 3.05) is 7.05 Å². The van der Waals surface area contributed by atoms with Gasteiger partial charge >= 0.3 is 0 Å². The molecule has 0 aliphatic carbocycles. The minimum absolute atomic E-state index is 0.0204. The molecule has 1 heterocycles. The highest BCUT2D eigenvalue weighted by Gasteiger charge is 2.19. The Kier molecular flexibility index (Phi) is 3.71. The predicted octanol–water partition coefficient (Wildman–Crippen LogP) is 3.22. The number of halogens is 1. The van der Waals surface area contributed by atoms with E-state index in [-0.39, 0.29) is 11.9 Å². The van der Waals surface area contributed by atoms with Crippen LogP contribution in [0.3, 0.4) is 0 Å². The quantitative estimate of drug-likeness (QED) is 0.797. The molecule has 3 aromatic rings. The van der Waals surface area contributed by atoms with Gasteiger partial charge in [-0.1, -0.05) is 36.4 Å². The average molecular weight is 283 g/mol. The van der Waals surface area contributed by atoms with E-state index in [1.54, 1.807) is 6.07 Å². The second-order valence-electron chi connectivity index (χ2n) is 5.16. The Labute approximate surface area is 123 Å². The van der Waals surface area contributed by atoms with Gasteiger partial charge in [0.2, 0.25) is 0 Å². The molecule has 0 amide bonds. The van der Waals surface area contributed by atoms with Crippen LogP contribution in [0.5, 0.6) is 0 Å². The van der Waals surface area contributed by atoms with Gasteiger partial charge in [0.15, 0.2) is 0 Å². The molecule has 4 heteroatoms. The molecule has 1 atom stereocenters. The molecule has 2 aromatic carbocycles. The van der Waals surface area contributed by atoms with Gasteiger partial charge in [-0.15, -0.1) is 0 Å². The van der Waals surface area contributed by atoms with E-state index in [1.807, 2.05) is 49.1 Å². The zero-order valence-corrected chi connectivity index (χ0v) is 12.2.